The molecule has 0 unspecified atom stereocenters. The van der Waals surface area contributed by atoms with E-state index >= 15 is 0 Å². The molecule has 3 rings (SSSR count). The predicted octanol–water partition coefficient (Wildman–Crippen LogP) is -3.68. The Morgan fingerprint density at radius 3 is 1.79 bits per heavy atom. The molecule has 0 radical (unpaired) electrons. The van der Waals surface area contributed by atoms with E-state index in [4.69, 9.17) is 4.79 Å². The van der Waals surface area contributed by atoms with Gasteiger partial charge >= 0.3 is 23.1 Å². The lowest BCUT2D eigenvalue weighted by Gasteiger charge is -1.83. The molecule has 0 spiro atoms. The third-order valence-corrected chi connectivity index (χ3v) is 2.11. The number of urea groups is 1. The number of carbonyl (C=O) groups excluding carboxylic acids is 1. The Morgan fingerprint density at radius 1 is 0.792 bits per heavy atom. The minimum absolute atomic E-state index is 0.0413. The van der Waals surface area contributed by atoms with Crippen LogP contribution in [0.3, 0.4) is 0 Å². The van der Waals surface area contributed by atoms with Gasteiger partial charge in [-0.2, -0.15) is 0 Å². The van der Waals surface area contributed by atoms with E-state index in [1.54, 1.807) is 0 Å². The fourth-order valence-electron chi connectivity index (χ4n) is 1.34. The van der Waals surface area contributed by atoms with E-state index in [0.29, 0.717) is 0 Å². The van der Waals surface area contributed by atoms with Gasteiger partial charge in [-0.05, 0) is 0 Å². The number of H-pyrrole nitrogens is 6. The van der Waals surface area contributed by atoms with Crippen LogP contribution in [-0.4, -0.2) is 35.9 Å². The lowest BCUT2D eigenvalue weighted by molar-refractivity contribution is 0.256. The van der Waals surface area contributed by atoms with Crippen LogP contribution in [0.15, 0.2) is 36.2 Å². The summed E-state index contributed by atoms with van der Waals surface area (Å²) in [6.07, 6.45) is 1.29. The molecule has 14 heteroatoms. The summed E-state index contributed by atoms with van der Waals surface area (Å²) in [4.78, 5) is 74.6. The normalized spacial score (nSPS) is 9.33. The summed E-state index contributed by atoms with van der Waals surface area (Å²) in [6.45, 7) is 0. The van der Waals surface area contributed by atoms with E-state index in [1.165, 1.54) is 12.3 Å². The second-order valence-corrected chi connectivity index (χ2v) is 3.94. The van der Waals surface area contributed by atoms with Crippen LogP contribution < -0.4 is 39.7 Å². The summed E-state index contributed by atoms with van der Waals surface area (Å²) < 4.78 is 0. The highest BCUT2D eigenvalue weighted by Gasteiger charge is 2.02. The van der Waals surface area contributed by atoms with Crippen molar-refractivity contribution < 1.29 is 4.79 Å². The first kappa shape index (κ1) is 18.0. The van der Waals surface area contributed by atoms with Gasteiger partial charge in [-0.25, -0.2) is 19.2 Å². The van der Waals surface area contributed by atoms with Crippen LogP contribution >= 0.6 is 0 Å². The molecule has 0 saturated heterocycles. The summed E-state index contributed by atoms with van der Waals surface area (Å²) in [7, 11) is 0. The first-order chi connectivity index (χ1) is 11.2. The maximum absolute atomic E-state index is 10.9. The zero-order valence-corrected chi connectivity index (χ0v) is 11.8. The van der Waals surface area contributed by atoms with Crippen LogP contribution in [0.5, 0.6) is 0 Å². The summed E-state index contributed by atoms with van der Waals surface area (Å²) >= 11 is 0. The zero-order chi connectivity index (χ0) is 18.3. The Labute approximate surface area is 129 Å². The first-order valence-corrected chi connectivity index (χ1v) is 5.96. The number of nitrogens with two attached hydrogens (primary N) is 2. The van der Waals surface area contributed by atoms with Gasteiger partial charge in [-0.3, -0.25) is 34.5 Å². The molecule has 2 amide bonds. The quantitative estimate of drug-likeness (QED) is 0.204. The van der Waals surface area contributed by atoms with Gasteiger partial charge in [0.25, 0.3) is 11.1 Å². The molecule has 3 aromatic heterocycles. The number of hydrogen-bond donors (Lipinski definition) is 8. The first-order valence-electron chi connectivity index (χ1n) is 5.96. The standard InChI is InChI=1S/C5H4N4O3.C4H4N2O2.CH4N2O/c10-3-1-2(7-4(11)6-1)8-5(12)9-3;7-3-1-2-5-4(8)6-3;2-1(3)4/h(H4,6,7,8,9,10,11,12);1-2H,(H2,5,6,7,8);(H4,2,3,4). The average Bonchev–Trinajstić information content (AvgIpc) is 2.79. The molecule has 0 bridgehead atoms. The van der Waals surface area contributed by atoms with Crippen molar-refractivity contribution in [3.8, 4) is 0 Å². The molecule has 0 aliphatic heterocycles. The average molecular weight is 340 g/mol. The van der Waals surface area contributed by atoms with E-state index in [1.807, 2.05) is 9.97 Å². The fourth-order valence-corrected chi connectivity index (χ4v) is 1.34. The Kier molecular flexibility index (Phi) is 5.82. The molecule has 0 saturated carbocycles. The SMILES string of the molecule is NC(N)=O.O=c1[nH]c(=O)c2[nH]c(=O)[nH]c2[nH]1.O=c1cc[nH]c(=O)[nH]1. The van der Waals surface area contributed by atoms with E-state index in [2.05, 4.69) is 31.4 Å². The molecule has 0 aliphatic rings. The highest BCUT2D eigenvalue weighted by atomic mass is 16.2. The van der Waals surface area contributed by atoms with Gasteiger partial charge in [0.1, 0.15) is 11.2 Å². The highest BCUT2D eigenvalue weighted by Crippen LogP contribution is 1.88. The molecule has 24 heavy (non-hydrogen) atoms. The molecule has 3 aromatic rings. The summed E-state index contributed by atoms with van der Waals surface area (Å²) in [5, 5.41) is 0. The van der Waals surface area contributed by atoms with Crippen LogP contribution in [0.25, 0.3) is 11.2 Å². The van der Waals surface area contributed by atoms with Gasteiger partial charge in [0.15, 0.2) is 0 Å². The number of nitrogens with one attached hydrogen (secondary N) is 6. The van der Waals surface area contributed by atoms with Crippen molar-refractivity contribution in [2.24, 2.45) is 11.5 Å². The maximum Gasteiger partial charge on any atom is 0.327 e. The topological polar surface area (TPSA) is 249 Å². The molecular weight excluding hydrogens is 328 g/mol. The molecule has 128 valence electrons. The van der Waals surface area contributed by atoms with Crippen LogP contribution in [0.2, 0.25) is 0 Å². The number of aromatic nitrogens is 6. The van der Waals surface area contributed by atoms with Gasteiger partial charge in [0.2, 0.25) is 0 Å². The number of rotatable bonds is 0. The Bertz CT molecular complexity index is 1080. The van der Waals surface area contributed by atoms with Gasteiger partial charge in [0, 0.05) is 12.3 Å². The van der Waals surface area contributed by atoms with Crippen molar-refractivity contribution in [3.05, 3.63) is 64.4 Å². The van der Waals surface area contributed by atoms with Crippen molar-refractivity contribution in [3.63, 3.8) is 0 Å². The third-order valence-electron chi connectivity index (χ3n) is 2.11. The molecule has 0 aliphatic carbocycles. The van der Waals surface area contributed by atoms with Crippen molar-refractivity contribution in [1.29, 1.82) is 0 Å². The maximum atomic E-state index is 10.9. The summed E-state index contributed by atoms with van der Waals surface area (Å²) in [5.74, 6) is 0. The molecule has 0 atom stereocenters. The molecule has 14 nitrogen and oxygen atoms in total. The van der Waals surface area contributed by atoms with Gasteiger partial charge in [0.05, 0.1) is 0 Å². The Morgan fingerprint density at radius 2 is 1.33 bits per heavy atom. The molecule has 3 heterocycles. The number of hydrogen-bond acceptors (Lipinski definition) is 6. The Hall–Kier alpha value is -4.10. The zero-order valence-electron chi connectivity index (χ0n) is 11.8. The van der Waals surface area contributed by atoms with Gasteiger partial charge < -0.3 is 16.5 Å². The van der Waals surface area contributed by atoms with Crippen LogP contribution in [-0.2, 0) is 0 Å². The molecule has 0 fully saturated rings. The number of amides is 2. The van der Waals surface area contributed by atoms with E-state index in [9.17, 15) is 24.0 Å². The van der Waals surface area contributed by atoms with Crippen LogP contribution in [0.1, 0.15) is 0 Å². The smallest absolute Gasteiger partial charge is 0.327 e. The highest BCUT2D eigenvalue weighted by molar-refractivity contribution is 5.69. The van der Waals surface area contributed by atoms with Crippen LogP contribution in [0, 0.1) is 0 Å². The third kappa shape index (κ3) is 5.72. The van der Waals surface area contributed by atoms with Gasteiger partial charge in [-0.15, -0.1) is 0 Å². The second-order valence-electron chi connectivity index (χ2n) is 3.94. The molecule has 0 aromatic carbocycles. The lowest BCUT2D eigenvalue weighted by atomic mass is 10.5. The van der Waals surface area contributed by atoms with Crippen molar-refractivity contribution in [2.45, 2.75) is 0 Å². The fraction of sp³-hybridized carbons (Fsp3) is 0. The number of imidazole rings is 1. The summed E-state index contributed by atoms with van der Waals surface area (Å²) in [6, 6.07) is 0.404. The van der Waals surface area contributed by atoms with E-state index in [-0.39, 0.29) is 16.7 Å². The number of fused-ring (bicyclic) bond motifs is 1. The lowest BCUT2D eigenvalue weighted by Crippen LogP contribution is -2.21. The minimum Gasteiger partial charge on any atom is -0.352 e. The molecular formula is C10H12N8O6. The Balaban J connectivity index is 0.000000208. The van der Waals surface area contributed by atoms with Crippen molar-refractivity contribution >= 4 is 17.2 Å². The number of primary amides is 2. The minimum atomic E-state index is -0.833. The predicted molar refractivity (Wildman–Crippen MR) is 81.6 cm³/mol. The van der Waals surface area contributed by atoms with E-state index < -0.39 is 28.7 Å². The van der Waals surface area contributed by atoms with E-state index in [0.717, 1.165) is 0 Å². The second kappa shape index (κ2) is 7.78. The summed E-state index contributed by atoms with van der Waals surface area (Å²) in [5.41, 5.74) is 5.99. The van der Waals surface area contributed by atoms with Crippen molar-refractivity contribution in [1.82, 2.24) is 29.9 Å². The van der Waals surface area contributed by atoms with Gasteiger partial charge in [-0.1, -0.05) is 0 Å². The number of carbonyl (C=O) groups is 1. The monoisotopic (exact) mass is 340 g/mol. The van der Waals surface area contributed by atoms with Crippen molar-refractivity contribution in [2.75, 3.05) is 0 Å². The molecule has 10 N–H and O–H groups in total. The van der Waals surface area contributed by atoms with Crippen LogP contribution in [0.4, 0.5) is 4.79 Å². The largest absolute Gasteiger partial charge is 0.352 e. The number of aromatic amines is 6.